The summed E-state index contributed by atoms with van der Waals surface area (Å²) in [5.41, 5.74) is -0.162. The molecule has 1 spiro atoms. The zero-order chi connectivity index (χ0) is 9.48. The predicted octanol–water partition coefficient (Wildman–Crippen LogP) is 4.15. The van der Waals surface area contributed by atoms with Crippen LogP contribution in [0.15, 0.2) is 0 Å². The van der Waals surface area contributed by atoms with Crippen molar-refractivity contribution in [1.82, 2.24) is 0 Å². The minimum absolute atomic E-state index is 0.162. The Hall–Kier alpha value is 1.16. The molecule has 0 saturated heterocycles. The van der Waals surface area contributed by atoms with Crippen LogP contribution in [-0.2, 0) is 0 Å². The highest BCUT2D eigenvalue weighted by Crippen LogP contribution is 2.90. The molecule has 0 amide bonds. The molecule has 3 aliphatic rings. The molecule has 0 radical (unpaired) electrons. The molecule has 2 bridgehead atoms. The maximum Gasteiger partial charge on any atom is 0.160 e. The van der Waals surface area contributed by atoms with Crippen molar-refractivity contribution in [3.05, 3.63) is 0 Å². The lowest BCUT2D eigenvalue weighted by atomic mass is 9.54. The van der Waals surface area contributed by atoms with E-state index in [1.54, 1.807) is 0 Å². The Morgan fingerprint density at radius 2 is 1.31 bits per heavy atom. The van der Waals surface area contributed by atoms with Gasteiger partial charge in [-0.05, 0) is 31.1 Å². The summed E-state index contributed by atoms with van der Waals surface area (Å²) in [7, 11) is 0. The van der Waals surface area contributed by atoms with Gasteiger partial charge < -0.3 is 0 Å². The van der Waals surface area contributed by atoms with Crippen LogP contribution in [0.2, 0.25) is 0 Å². The minimum atomic E-state index is -0.892. The van der Waals surface area contributed by atoms with Crippen molar-refractivity contribution in [2.45, 2.75) is 34.3 Å². The van der Waals surface area contributed by atoms with Gasteiger partial charge in [0.25, 0.3) is 0 Å². The molecule has 0 N–H and O–H groups in total. The van der Waals surface area contributed by atoms with Gasteiger partial charge >= 0.3 is 0 Å². The Morgan fingerprint density at radius 3 is 1.54 bits per heavy atom. The predicted molar refractivity (Wildman–Crippen MR) is 56.8 cm³/mol. The van der Waals surface area contributed by atoms with Crippen LogP contribution in [0.1, 0.15) is 25.7 Å². The maximum atomic E-state index is 6.20. The van der Waals surface area contributed by atoms with E-state index in [0.29, 0.717) is 11.8 Å². The molecule has 74 valence electrons. The highest BCUT2D eigenvalue weighted by molar-refractivity contribution is 6.69. The van der Waals surface area contributed by atoms with Crippen LogP contribution in [0.25, 0.3) is 0 Å². The maximum absolute atomic E-state index is 6.20. The summed E-state index contributed by atoms with van der Waals surface area (Å²) in [6, 6.07) is 0. The Morgan fingerprint density at radius 1 is 0.846 bits per heavy atom. The van der Waals surface area contributed by atoms with Gasteiger partial charge in [0.05, 0.1) is 0 Å². The highest BCUT2D eigenvalue weighted by Gasteiger charge is 2.94. The Bertz CT molecular complexity index is 241. The average molecular weight is 260 g/mol. The number of hydrogen-bond acceptors (Lipinski definition) is 0. The standard InChI is InChI=1S/C9H10Cl4/c10-8(11)7(9(8,12)13)5-2-1-3-6(7)4-5/h5-6H,1-4H2. The first-order valence-electron chi connectivity index (χ1n) is 4.72. The molecule has 0 heterocycles. The van der Waals surface area contributed by atoms with Crippen LogP contribution in [0.4, 0.5) is 0 Å². The van der Waals surface area contributed by atoms with E-state index in [1.165, 1.54) is 25.7 Å². The molecule has 3 fully saturated rings. The van der Waals surface area contributed by atoms with Gasteiger partial charge in [-0.1, -0.05) is 52.8 Å². The number of rotatable bonds is 0. The van der Waals surface area contributed by atoms with Gasteiger partial charge in [0.15, 0.2) is 8.67 Å². The van der Waals surface area contributed by atoms with Crippen LogP contribution in [0.5, 0.6) is 0 Å². The molecule has 0 aromatic carbocycles. The molecule has 0 aliphatic heterocycles. The summed E-state index contributed by atoms with van der Waals surface area (Å²) in [5.74, 6) is 1.13. The molecule has 2 unspecified atom stereocenters. The monoisotopic (exact) mass is 258 g/mol. The third-order valence-corrected chi connectivity index (χ3v) is 7.10. The van der Waals surface area contributed by atoms with Gasteiger partial charge in [-0.3, -0.25) is 0 Å². The van der Waals surface area contributed by atoms with Crippen molar-refractivity contribution >= 4 is 46.4 Å². The summed E-state index contributed by atoms with van der Waals surface area (Å²) >= 11 is 24.8. The van der Waals surface area contributed by atoms with Crippen LogP contribution in [0.3, 0.4) is 0 Å². The van der Waals surface area contributed by atoms with Crippen molar-refractivity contribution in [3.8, 4) is 0 Å². The second-order valence-electron chi connectivity index (χ2n) is 4.58. The van der Waals surface area contributed by atoms with Gasteiger partial charge in [0.2, 0.25) is 0 Å². The van der Waals surface area contributed by atoms with Crippen molar-refractivity contribution < 1.29 is 0 Å². The van der Waals surface area contributed by atoms with E-state index >= 15 is 0 Å². The van der Waals surface area contributed by atoms with Gasteiger partial charge in [0, 0.05) is 5.41 Å². The summed E-state index contributed by atoms with van der Waals surface area (Å²) in [6.07, 6.45) is 4.89. The summed E-state index contributed by atoms with van der Waals surface area (Å²) in [4.78, 5) is 0. The van der Waals surface area contributed by atoms with Crippen molar-refractivity contribution in [1.29, 1.82) is 0 Å². The van der Waals surface area contributed by atoms with E-state index in [9.17, 15) is 0 Å². The van der Waals surface area contributed by atoms with E-state index in [2.05, 4.69) is 0 Å². The molecule has 0 aromatic heterocycles. The third-order valence-electron chi connectivity index (χ3n) is 4.33. The molecular weight excluding hydrogens is 250 g/mol. The number of hydrogen-bond donors (Lipinski definition) is 0. The Balaban J connectivity index is 2.02. The lowest BCUT2D eigenvalue weighted by Crippen LogP contribution is -2.47. The molecule has 13 heavy (non-hydrogen) atoms. The molecule has 0 nitrogen and oxygen atoms in total. The minimum Gasteiger partial charge on any atom is -0.0975 e. The first-order valence-corrected chi connectivity index (χ1v) is 6.23. The molecule has 0 aromatic rings. The van der Waals surface area contributed by atoms with E-state index < -0.39 is 8.67 Å². The number of halogens is 4. The second-order valence-corrected chi connectivity index (χ2v) is 7.23. The topological polar surface area (TPSA) is 0 Å². The smallest absolute Gasteiger partial charge is 0.0975 e. The van der Waals surface area contributed by atoms with E-state index in [-0.39, 0.29) is 5.41 Å². The first-order chi connectivity index (χ1) is 5.96. The molecular formula is C9H10Cl4. The molecule has 4 heteroatoms. The molecule has 3 rings (SSSR count). The van der Waals surface area contributed by atoms with E-state index in [4.69, 9.17) is 46.4 Å². The highest BCUT2D eigenvalue weighted by atomic mass is 35.5. The molecule has 3 saturated carbocycles. The van der Waals surface area contributed by atoms with E-state index in [1.807, 2.05) is 0 Å². The van der Waals surface area contributed by atoms with Gasteiger partial charge in [-0.2, -0.15) is 0 Å². The SMILES string of the molecule is ClC1(Cl)C(Cl)(Cl)C12C1CCCC2C1. The Kier molecular flexibility index (Phi) is 1.65. The largest absolute Gasteiger partial charge is 0.160 e. The van der Waals surface area contributed by atoms with Gasteiger partial charge in [0.1, 0.15) is 0 Å². The van der Waals surface area contributed by atoms with Crippen LogP contribution < -0.4 is 0 Å². The normalized spacial score (nSPS) is 47.1. The fourth-order valence-electron chi connectivity index (χ4n) is 3.67. The van der Waals surface area contributed by atoms with Crippen LogP contribution >= 0.6 is 46.4 Å². The average Bonchev–Trinajstić information content (AvgIpc) is 2.42. The van der Waals surface area contributed by atoms with Gasteiger partial charge in [-0.15, -0.1) is 0 Å². The van der Waals surface area contributed by atoms with Crippen molar-refractivity contribution in [2.75, 3.05) is 0 Å². The van der Waals surface area contributed by atoms with Crippen molar-refractivity contribution in [3.63, 3.8) is 0 Å². The van der Waals surface area contributed by atoms with Crippen LogP contribution in [-0.4, -0.2) is 8.67 Å². The lowest BCUT2D eigenvalue weighted by Gasteiger charge is -2.51. The lowest BCUT2D eigenvalue weighted by molar-refractivity contribution is -0.0140. The first kappa shape index (κ1) is 9.39. The van der Waals surface area contributed by atoms with Crippen molar-refractivity contribution in [2.24, 2.45) is 17.3 Å². The third kappa shape index (κ3) is 0.707. The van der Waals surface area contributed by atoms with Crippen LogP contribution in [0, 0.1) is 17.3 Å². The second kappa shape index (κ2) is 2.29. The fraction of sp³-hybridized carbons (Fsp3) is 1.00. The summed E-state index contributed by atoms with van der Waals surface area (Å²) < 4.78 is -1.78. The number of alkyl halides is 4. The van der Waals surface area contributed by atoms with Gasteiger partial charge in [-0.25, -0.2) is 0 Å². The fourth-order valence-corrected chi connectivity index (χ4v) is 6.10. The molecule has 2 atom stereocenters. The summed E-state index contributed by atoms with van der Waals surface area (Å²) in [5, 5.41) is 0. The zero-order valence-corrected chi connectivity index (χ0v) is 10.0. The molecule has 3 aliphatic carbocycles. The summed E-state index contributed by atoms with van der Waals surface area (Å²) in [6.45, 7) is 0. The van der Waals surface area contributed by atoms with E-state index in [0.717, 1.165) is 0 Å². The quantitative estimate of drug-likeness (QED) is 0.574. The zero-order valence-electron chi connectivity index (χ0n) is 6.99. The Labute approximate surface area is 97.9 Å².